The van der Waals surface area contributed by atoms with Crippen LogP contribution in [0.15, 0.2) is 72.8 Å². The zero-order valence-electron chi connectivity index (χ0n) is 27.4. The molecule has 0 unspecified atom stereocenters. The molecule has 240 valence electrons. The molecule has 1 N–H and O–H groups in total. The zero-order chi connectivity index (χ0) is 32.8. The maximum Gasteiger partial charge on any atom is 0.0146 e. The van der Waals surface area contributed by atoms with Gasteiger partial charge in [0.1, 0.15) is 0 Å². The molecule has 1 heterocycles. The van der Waals surface area contributed by atoms with Crippen LogP contribution in [0, 0.1) is 48.2 Å². The van der Waals surface area contributed by atoms with E-state index in [-0.39, 0.29) is 11.9 Å². The summed E-state index contributed by atoms with van der Waals surface area (Å²) in [6.07, 6.45) is 0.161. The van der Waals surface area contributed by atoms with Crippen LogP contribution in [0.25, 0.3) is 0 Å². The van der Waals surface area contributed by atoms with Gasteiger partial charge in [0, 0.05) is 24.5 Å². The van der Waals surface area contributed by atoms with Crippen molar-refractivity contribution in [2.75, 3.05) is 22.9 Å². The first-order valence-electron chi connectivity index (χ1n) is 15.2. The first kappa shape index (κ1) is 34.9. The van der Waals surface area contributed by atoms with E-state index in [1.807, 2.05) is 48.8 Å². The molecule has 0 saturated carbocycles. The zero-order valence-corrected chi connectivity index (χ0v) is 30.7. The Morgan fingerprint density at radius 2 is 1.24 bits per heavy atom. The van der Waals surface area contributed by atoms with E-state index in [2.05, 4.69) is 87.0 Å². The number of rotatable bonds is 7. The Hall–Kier alpha value is -2.98. The minimum Gasteiger partial charge on any atom is -0.502 e. The van der Waals surface area contributed by atoms with Crippen LogP contribution in [0.5, 0.6) is 5.75 Å². The van der Waals surface area contributed by atoms with E-state index in [1.165, 1.54) is 44.8 Å². The van der Waals surface area contributed by atoms with Crippen LogP contribution in [-0.2, 0) is 13.5 Å². The number of nitrogens with zero attached hydrogens (tertiary/aromatic N) is 2. The number of benzene rings is 4. The molecule has 1 aliphatic rings. The van der Waals surface area contributed by atoms with E-state index in [0.717, 1.165) is 24.4 Å². The molecule has 0 aliphatic carbocycles. The molecule has 4 aromatic carbocycles. The van der Waals surface area contributed by atoms with Gasteiger partial charge in [-0.05, 0) is 63.8 Å². The summed E-state index contributed by atoms with van der Waals surface area (Å²) in [4.78, 5) is 17.3. The largest absolute Gasteiger partial charge is 0.502 e. The summed E-state index contributed by atoms with van der Waals surface area (Å²) in [6, 6.07) is 23.8. The summed E-state index contributed by atoms with van der Waals surface area (Å²) in [5, 5.41) is 0. The summed E-state index contributed by atoms with van der Waals surface area (Å²) in [7, 11) is 12.0. The molecule has 0 amide bonds. The fourth-order valence-corrected chi connectivity index (χ4v) is 7.90. The molecule has 0 atom stereocenters. The molecule has 4 nitrogen and oxygen atoms in total. The summed E-state index contributed by atoms with van der Waals surface area (Å²) < 4.78 is 6.38. The van der Waals surface area contributed by atoms with E-state index in [9.17, 15) is 4.79 Å². The average Bonchev–Trinajstić information content (AvgIpc) is 3.41. The molecule has 45 heavy (non-hydrogen) atoms. The molecule has 1 fully saturated rings. The standard InChI is InChI=1S/C21H27N2.C17H16O2.2ClH.Ru/c1-14-9-16(3)20(17(4)10-14)22-7-8-23(13-22)21-18(5)11-15(2)12-19(21)6;1-12(2)19-16-10-9-15(11-13(16)3)17(18)14-7-5-4-6-8-14;;;/h9-13H,7-8H2,1-6H3;3-12H,1-2H3;2*1H;/q-1;;;;+2/p-1. The molecule has 0 spiro atoms. The van der Waals surface area contributed by atoms with E-state index in [4.69, 9.17) is 19.4 Å². The summed E-state index contributed by atoms with van der Waals surface area (Å²) in [5.41, 5.74) is 12.9. The van der Waals surface area contributed by atoms with Gasteiger partial charge in [-0.25, -0.2) is 0 Å². The van der Waals surface area contributed by atoms with Gasteiger partial charge < -0.3 is 9.80 Å². The number of hydrogen-bond donors (Lipinski definition) is 0. The second-order valence-electron chi connectivity index (χ2n) is 12.0. The number of aromatic hydroxyl groups is 1. The van der Waals surface area contributed by atoms with Crippen molar-refractivity contribution < 1.29 is 23.0 Å². The van der Waals surface area contributed by atoms with Gasteiger partial charge in [-0.15, -0.1) is 0 Å². The fraction of sp³-hybridized carbons (Fsp3) is 0.289. The van der Waals surface area contributed by atoms with Gasteiger partial charge in [-0.1, -0.05) is 35.4 Å². The van der Waals surface area contributed by atoms with Crippen molar-refractivity contribution in [3.8, 4) is 5.75 Å². The number of aliphatic hydroxyl groups is 1. The third-order valence-corrected chi connectivity index (χ3v) is 9.45. The molecule has 5 rings (SSSR count). The molecular formula is C38H44Cl2N2O2Ru. The second kappa shape index (κ2) is 15.5. The van der Waals surface area contributed by atoms with Gasteiger partial charge in [-0.2, -0.15) is 6.67 Å². The Balaban J connectivity index is 0.000000205. The molecule has 1 aliphatic heterocycles. The first-order chi connectivity index (χ1) is 21.3. The van der Waals surface area contributed by atoms with Gasteiger partial charge in [-0.3, -0.25) is 0 Å². The van der Waals surface area contributed by atoms with E-state index >= 15 is 0 Å². The number of ketones is 1. The van der Waals surface area contributed by atoms with Crippen LogP contribution < -0.4 is 9.80 Å². The molecule has 0 bridgehead atoms. The van der Waals surface area contributed by atoms with Crippen molar-refractivity contribution in [1.29, 1.82) is 0 Å². The Bertz CT molecular complexity index is 1590. The van der Waals surface area contributed by atoms with E-state index in [0.29, 0.717) is 11.1 Å². The van der Waals surface area contributed by atoms with Crippen LogP contribution >= 0.6 is 19.4 Å². The number of aryl methyl sites for hydroxylation is 6. The summed E-state index contributed by atoms with van der Waals surface area (Å²) in [6.45, 7) is 21.6. The number of halogens is 2. The normalized spacial score (nSPS) is 13.0. The van der Waals surface area contributed by atoms with Crippen molar-refractivity contribution in [1.82, 2.24) is 0 Å². The SMILES string of the molecule is CC(C)[OH+]c1ccc(C(=O)c2ccccc2)cc1[CH]=[Ru]([Cl])[Cl].Cc1cc(C)c(N2[CH-]N(c3c(C)cc(C)cc3C)CC2)c(C)c1. The average molecular weight is 733 g/mol. The van der Waals surface area contributed by atoms with Gasteiger partial charge in [0.15, 0.2) is 0 Å². The van der Waals surface area contributed by atoms with Gasteiger partial charge in [0.05, 0.1) is 0 Å². The molecular weight excluding hydrogens is 688 g/mol. The summed E-state index contributed by atoms with van der Waals surface area (Å²) >= 11 is -1.99. The third-order valence-electron chi connectivity index (χ3n) is 7.62. The van der Waals surface area contributed by atoms with Gasteiger partial charge >= 0.3 is 144 Å². The Kier molecular flexibility index (Phi) is 12.0. The molecule has 0 aromatic heterocycles. The fourth-order valence-electron chi connectivity index (χ4n) is 6.10. The van der Waals surface area contributed by atoms with Crippen molar-refractivity contribution in [2.24, 2.45) is 0 Å². The Morgan fingerprint density at radius 1 is 0.756 bits per heavy atom. The number of hydrogen-bond acceptors (Lipinski definition) is 3. The monoisotopic (exact) mass is 732 g/mol. The number of ether oxygens (including phenoxy) is 1. The Morgan fingerprint density at radius 3 is 1.69 bits per heavy atom. The maximum absolute atomic E-state index is 12.5. The van der Waals surface area contributed by atoms with Gasteiger partial charge in [0.2, 0.25) is 0 Å². The number of carbonyl (C=O) groups is 1. The van der Waals surface area contributed by atoms with Crippen molar-refractivity contribution in [3.05, 3.63) is 130 Å². The van der Waals surface area contributed by atoms with Crippen molar-refractivity contribution in [3.63, 3.8) is 0 Å². The van der Waals surface area contributed by atoms with Crippen molar-refractivity contribution >= 4 is 41.1 Å². The van der Waals surface area contributed by atoms with E-state index < -0.39 is 13.5 Å². The van der Waals surface area contributed by atoms with Crippen LogP contribution in [-0.4, -0.2) is 34.3 Å². The van der Waals surface area contributed by atoms with Crippen LogP contribution in [0.2, 0.25) is 0 Å². The summed E-state index contributed by atoms with van der Waals surface area (Å²) in [5.74, 6) is 0.800. The number of anilines is 2. The molecule has 7 heteroatoms. The third kappa shape index (κ3) is 9.06. The Labute approximate surface area is 282 Å². The number of carbonyl (C=O) groups excluding carboxylic acids is 1. The second-order valence-corrected chi connectivity index (χ2v) is 17.7. The van der Waals surface area contributed by atoms with Crippen LogP contribution in [0.4, 0.5) is 11.4 Å². The minimum absolute atomic E-state index is 0.0192. The van der Waals surface area contributed by atoms with Gasteiger partial charge in [0.25, 0.3) is 0 Å². The predicted molar refractivity (Wildman–Crippen MR) is 190 cm³/mol. The maximum atomic E-state index is 12.5. The first-order valence-corrected chi connectivity index (χ1v) is 20.6. The topological polar surface area (TPSA) is 36.4 Å². The molecule has 0 radical (unpaired) electrons. The molecule has 4 aromatic rings. The van der Waals surface area contributed by atoms with E-state index in [1.54, 1.807) is 18.2 Å². The van der Waals surface area contributed by atoms with Crippen LogP contribution in [0.3, 0.4) is 0 Å². The quantitative estimate of drug-likeness (QED) is 0.0823. The minimum atomic E-state index is -1.99. The smallest absolute Gasteiger partial charge is 0.0146 e. The molecule has 1 saturated heterocycles. The van der Waals surface area contributed by atoms with Crippen LogP contribution in [0.1, 0.15) is 68.7 Å². The predicted octanol–water partition coefficient (Wildman–Crippen LogP) is 9.63. The van der Waals surface area contributed by atoms with Crippen molar-refractivity contribution in [2.45, 2.75) is 61.5 Å².